The number of sulfonamides is 1. The van der Waals surface area contributed by atoms with E-state index in [1.165, 1.54) is 35.2 Å². The Balaban J connectivity index is 3.33. The molecule has 4 nitrogen and oxygen atoms in total. The maximum atomic E-state index is 14.3. The van der Waals surface area contributed by atoms with Crippen molar-refractivity contribution in [2.24, 2.45) is 0 Å². The number of aliphatic hydroxyl groups excluding tert-OH is 1. The number of hydrogen-bond donors (Lipinski definition) is 1. The summed E-state index contributed by atoms with van der Waals surface area (Å²) in [6, 6.07) is 2.39. The molecule has 0 heterocycles. The van der Waals surface area contributed by atoms with E-state index in [9.17, 15) is 12.8 Å². The second-order valence-corrected chi connectivity index (χ2v) is 8.37. The topological polar surface area (TPSA) is 57.6 Å². The van der Waals surface area contributed by atoms with Crippen LogP contribution in [-0.4, -0.2) is 42.9 Å². The van der Waals surface area contributed by atoms with E-state index in [0.717, 1.165) is 0 Å². The third-order valence-electron chi connectivity index (χ3n) is 3.25. The molecule has 0 aromatic heterocycles. The molecule has 1 atom stereocenters. The molecule has 0 bridgehead atoms. The molecule has 0 fully saturated rings. The van der Waals surface area contributed by atoms with Crippen molar-refractivity contribution < 1.29 is 17.9 Å². The van der Waals surface area contributed by atoms with Crippen LogP contribution in [0.15, 0.2) is 21.5 Å². The summed E-state index contributed by atoms with van der Waals surface area (Å²) in [5.74, 6) is -0.263. The SMILES string of the molecule is CCC(CSC)N(C)S(=O)(=O)c1cc(Br)cc(CO)c1F. The minimum Gasteiger partial charge on any atom is -0.392 e. The normalized spacial score (nSPS) is 13.7. The van der Waals surface area contributed by atoms with Crippen molar-refractivity contribution in [1.29, 1.82) is 0 Å². The lowest BCUT2D eigenvalue weighted by molar-refractivity contribution is 0.274. The van der Waals surface area contributed by atoms with Gasteiger partial charge in [0.25, 0.3) is 0 Å². The second-order valence-electron chi connectivity index (χ2n) is 4.57. The molecule has 1 aromatic carbocycles. The van der Waals surface area contributed by atoms with Gasteiger partial charge in [-0.3, -0.25) is 0 Å². The Morgan fingerprint density at radius 2 is 2.10 bits per heavy atom. The smallest absolute Gasteiger partial charge is 0.246 e. The van der Waals surface area contributed by atoms with Gasteiger partial charge in [0.15, 0.2) is 0 Å². The van der Waals surface area contributed by atoms with Crippen molar-refractivity contribution in [3.05, 3.63) is 28.0 Å². The van der Waals surface area contributed by atoms with Gasteiger partial charge < -0.3 is 5.11 Å². The monoisotopic (exact) mass is 399 g/mol. The number of aliphatic hydroxyl groups is 1. The van der Waals surface area contributed by atoms with Crippen molar-refractivity contribution >= 4 is 37.7 Å². The predicted octanol–water partition coefficient (Wildman–Crippen LogP) is 2.84. The van der Waals surface area contributed by atoms with Crippen molar-refractivity contribution in [2.75, 3.05) is 19.1 Å². The molecule has 1 N–H and O–H groups in total. The highest BCUT2D eigenvalue weighted by Crippen LogP contribution is 2.28. The molecule has 0 amide bonds. The van der Waals surface area contributed by atoms with Crippen LogP contribution < -0.4 is 0 Å². The molecule has 0 aliphatic carbocycles. The van der Waals surface area contributed by atoms with Crippen LogP contribution in [0.4, 0.5) is 4.39 Å². The summed E-state index contributed by atoms with van der Waals surface area (Å²) in [5.41, 5.74) is -0.0470. The first-order valence-electron chi connectivity index (χ1n) is 6.35. The third-order valence-corrected chi connectivity index (χ3v) is 6.34. The van der Waals surface area contributed by atoms with Crippen LogP contribution in [0.25, 0.3) is 0 Å². The van der Waals surface area contributed by atoms with Crippen molar-refractivity contribution in [3.63, 3.8) is 0 Å². The van der Waals surface area contributed by atoms with Gasteiger partial charge in [0, 0.05) is 28.9 Å². The Labute approximate surface area is 137 Å². The Morgan fingerprint density at radius 3 is 2.57 bits per heavy atom. The first-order chi connectivity index (χ1) is 9.79. The van der Waals surface area contributed by atoms with Crippen LogP contribution in [0, 0.1) is 5.82 Å². The van der Waals surface area contributed by atoms with Crippen LogP contribution in [0.1, 0.15) is 18.9 Å². The van der Waals surface area contributed by atoms with Crippen LogP contribution in [0.2, 0.25) is 0 Å². The number of nitrogens with zero attached hydrogens (tertiary/aromatic N) is 1. The molecule has 21 heavy (non-hydrogen) atoms. The highest BCUT2D eigenvalue weighted by Gasteiger charge is 2.30. The van der Waals surface area contributed by atoms with Gasteiger partial charge >= 0.3 is 0 Å². The fourth-order valence-electron chi connectivity index (χ4n) is 1.94. The number of thioether (sulfide) groups is 1. The molecule has 120 valence electrons. The maximum absolute atomic E-state index is 14.3. The fourth-order valence-corrected chi connectivity index (χ4v) is 5.10. The quantitative estimate of drug-likeness (QED) is 0.765. The molecule has 0 saturated carbocycles. The number of rotatable bonds is 7. The summed E-state index contributed by atoms with van der Waals surface area (Å²) in [6.45, 7) is 1.34. The summed E-state index contributed by atoms with van der Waals surface area (Å²) in [5, 5.41) is 9.14. The molecule has 0 radical (unpaired) electrons. The van der Waals surface area contributed by atoms with Crippen LogP contribution in [0.5, 0.6) is 0 Å². The second kappa shape index (κ2) is 7.92. The molecular formula is C13H19BrFNO3S2. The standard InChI is InChI=1S/C13H19BrFNO3S2/c1-4-11(8-20-3)16(2)21(18,19)12-6-10(14)5-9(7-17)13(12)15/h5-6,11,17H,4,7-8H2,1-3H3. The van der Waals surface area contributed by atoms with Gasteiger partial charge in [-0.05, 0) is 24.8 Å². The highest BCUT2D eigenvalue weighted by molar-refractivity contribution is 9.10. The Kier molecular flexibility index (Phi) is 7.12. The van der Waals surface area contributed by atoms with Gasteiger partial charge in [0.2, 0.25) is 10.0 Å². The zero-order valence-electron chi connectivity index (χ0n) is 12.1. The van der Waals surface area contributed by atoms with Gasteiger partial charge in [0.1, 0.15) is 10.7 Å². The van der Waals surface area contributed by atoms with E-state index in [1.54, 1.807) is 0 Å². The van der Waals surface area contributed by atoms with E-state index < -0.39 is 27.3 Å². The Hall–Kier alpha value is -0.150. The summed E-state index contributed by atoms with van der Waals surface area (Å²) in [7, 11) is -2.50. The van der Waals surface area contributed by atoms with E-state index in [4.69, 9.17) is 5.11 Å². The molecule has 1 unspecified atom stereocenters. The molecular weight excluding hydrogens is 381 g/mol. The summed E-state index contributed by atoms with van der Waals surface area (Å²) in [4.78, 5) is -0.414. The lowest BCUT2D eigenvalue weighted by Crippen LogP contribution is -2.38. The van der Waals surface area contributed by atoms with Gasteiger partial charge in [0.05, 0.1) is 6.61 Å². The lowest BCUT2D eigenvalue weighted by atomic mass is 10.2. The van der Waals surface area contributed by atoms with Crippen molar-refractivity contribution in [1.82, 2.24) is 4.31 Å². The third kappa shape index (κ3) is 4.19. The van der Waals surface area contributed by atoms with E-state index in [0.29, 0.717) is 16.6 Å². The van der Waals surface area contributed by atoms with Crippen LogP contribution in [0.3, 0.4) is 0 Å². The van der Waals surface area contributed by atoms with Crippen molar-refractivity contribution in [2.45, 2.75) is 30.9 Å². The number of halogens is 2. The number of hydrogen-bond acceptors (Lipinski definition) is 4. The van der Waals surface area contributed by atoms with Crippen LogP contribution >= 0.6 is 27.7 Å². The maximum Gasteiger partial charge on any atom is 0.246 e. The van der Waals surface area contributed by atoms with Gasteiger partial charge in [-0.15, -0.1) is 0 Å². The minimum atomic E-state index is -3.95. The molecule has 1 rings (SSSR count). The first kappa shape index (κ1) is 18.9. The molecule has 8 heteroatoms. The zero-order valence-corrected chi connectivity index (χ0v) is 15.4. The lowest BCUT2D eigenvalue weighted by Gasteiger charge is -2.26. The molecule has 1 aromatic rings. The van der Waals surface area contributed by atoms with E-state index in [2.05, 4.69) is 15.9 Å². The molecule has 0 aliphatic heterocycles. The molecule has 0 saturated heterocycles. The summed E-state index contributed by atoms with van der Waals surface area (Å²) >= 11 is 4.69. The summed E-state index contributed by atoms with van der Waals surface area (Å²) < 4.78 is 41.1. The van der Waals surface area contributed by atoms with Gasteiger partial charge in [-0.1, -0.05) is 22.9 Å². The van der Waals surface area contributed by atoms with E-state index >= 15 is 0 Å². The van der Waals surface area contributed by atoms with Gasteiger partial charge in [-0.25, -0.2) is 12.8 Å². The van der Waals surface area contributed by atoms with E-state index in [1.807, 2.05) is 13.2 Å². The first-order valence-corrected chi connectivity index (χ1v) is 9.98. The summed E-state index contributed by atoms with van der Waals surface area (Å²) in [6.07, 6.45) is 2.53. The Bertz CT molecular complexity index is 595. The highest BCUT2D eigenvalue weighted by atomic mass is 79.9. The minimum absolute atomic E-state index is 0.0470. The number of benzene rings is 1. The average molecular weight is 400 g/mol. The fraction of sp³-hybridized carbons (Fsp3) is 0.538. The van der Waals surface area contributed by atoms with Gasteiger partial charge in [-0.2, -0.15) is 16.1 Å². The van der Waals surface area contributed by atoms with E-state index in [-0.39, 0.29) is 11.6 Å². The molecule has 0 spiro atoms. The van der Waals surface area contributed by atoms with Crippen LogP contribution in [-0.2, 0) is 16.6 Å². The largest absolute Gasteiger partial charge is 0.392 e. The van der Waals surface area contributed by atoms with Crippen molar-refractivity contribution in [3.8, 4) is 0 Å². The zero-order chi connectivity index (χ0) is 16.2. The predicted molar refractivity (Wildman–Crippen MR) is 87.4 cm³/mol. The average Bonchev–Trinajstić information content (AvgIpc) is 2.45. The molecule has 0 aliphatic rings. The Morgan fingerprint density at radius 1 is 1.48 bits per heavy atom.